The number of carbonyl (C=O) groups excluding carboxylic acids is 2. The summed E-state index contributed by atoms with van der Waals surface area (Å²) in [5, 5.41) is 5.34. The highest BCUT2D eigenvalue weighted by atomic mass is 35.5. The van der Waals surface area contributed by atoms with Crippen molar-refractivity contribution in [2.75, 3.05) is 18.2 Å². The molecular weight excluding hydrogens is 470 g/mol. The first kappa shape index (κ1) is 22.1. The van der Waals surface area contributed by atoms with Gasteiger partial charge in [0.2, 0.25) is 5.91 Å². The minimum absolute atomic E-state index is 0.0191. The lowest BCUT2D eigenvalue weighted by Crippen LogP contribution is -2.22. The second-order valence-electron chi connectivity index (χ2n) is 6.53. The van der Waals surface area contributed by atoms with Crippen LogP contribution in [0.4, 0.5) is 5.69 Å². The van der Waals surface area contributed by atoms with E-state index in [4.69, 9.17) is 11.6 Å². The second-order valence-corrected chi connectivity index (χ2v) is 8.79. The van der Waals surface area contributed by atoms with Crippen molar-refractivity contribution in [3.8, 4) is 5.69 Å². The van der Waals surface area contributed by atoms with Crippen molar-refractivity contribution in [3.05, 3.63) is 80.9 Å². The van der Waals surface area contributed by atoms with Crippen molar-refractivity contribution in [1.82, 2.24) is 9.55 Å². The first-order chi connectivity index (χ1) is 15.5. The molecule has 0 aliphatic rings. The Bertz CT molecular complexity index is 1370. The zero-order chi connectivity index (χ0) is 22.7. The molecule has 32 heavy (non-hydrogen) atoms. The third-order valence-electron chi connectivity index (χ3n) is 4.46. The van der Waals surface area contributed by atoms with E-state index in [0.717, 1.165) is 11.8 Å². The fraction of sp³-hybridized carbons (Fsp3) is 0.0909. The lowest BCUT2D eigenvalue weighted by atomic mass is 10.2. The first-order valence-electron chi connectivity index (χ1n) is 9.34. The number of hydrogen-bond donors (Lipinski definition) is 1. The molecular formula is C22H16ClN3O4S2. The Morgan fingerprint density at radius 1 is 1.16 bits per heavy atom. The Kier molecular flexibility index (Phi) is 6.59. The van der Waals surface area contributed by atoms with E-state index in [1.165, 1.54) is 23.0 Å². The maximum atomic E-state index is 13.1. The fourth-order valence-corrected chi connectivity index (χ4v) is 4.75. The summed E-state index contributed by atoms with van der Waals surface area (Å²) in [6.45, 7) is 0. The van der Waals surface area contributed by atoms with E-state index < -0.39 is 5.97 Å². The van der Waals surface area contributed by atoms with Crippen LogP contribution in [0.3, 0.4) is 0 Å². The summed E-state index contributed by atoms with van der Waals surface area (Å²) >= 11 is 8.78. The van der Waals surface area contributed by atoms with Crippen LogP contribution in [0, 0.1) is 0 Å². The molecule has 0 aliphatic heterocycles. The Labute approximate surface area is 196 Å². The van der Waals surface area contributed by atoms with Gasteiger partial charge in [0.1, 0.15) is 4.70 Å². The molecule has 0 radical (unpaired) electrons. The molecule has 0 unspecified atom stereocenters. The van der Waals surface area contributed by atoms with Crippen LogP contribution in [0.15, 0.2) is 69.9 Å². The van der Waals surface area contributed by atoms with E-state index in [2.05, 4.69) is 15.0 Å². The number of methoxy groups -OCH3 is 1. The van der Waals surface area contributed by atoms with Crippen LogP contribution < -0.4 is 10.9 Å². The largest absolute Gasteiger partial charge is 0.465 e. The van der Waals surface area contributed by atoms with Crippen molar-refractivity contribution in [3.63, 3.8) is 0 Å². The minimum Gasteiger partial charge on any atom is -0.465 e. The van der Waals surface area contributed by atoms with Gasteiger partial charge >= 0.3 is 5.97 Å². The van der Waals surface area contributed by atoms with Crippen LogP contribution in [0.5, 0.6) is 0 Å². The van der Waals surface area contributed by atoms with Crippen LogP contribution in [0.2, 0.25) is 5.02 Å². The Morgan fingerprint density at radius 3 is 2.62 bits per heavy atom. The predicted molar refractivity (Wildman–Crippen MR) is 127 cm³/mol. The number of esters is 1. The molecule has 1 amide bonds. The van der Waals surface area contributed by atoms with Gasteiger partial charge in [-0.2, -0.15) is 0 Å². The summed E-state index contributed by atoms with van der Waals surface area (Å²) in [6.07, 6.45) is 0. The predicted octanol–water partition coefficient (Wildman–Crippen LogP) is 4.62. The molecule has 0 spiro atoms. The number of anilines is 1. The Balaban J connectivity index is 1.57. The maximum Gasteiger partial charge on any atom is 0.337 e. The number of thioether (sulfide) groups is 1. The molecule has 2 aromatic carbocycles. The van der Waals surface area contributed by atoms with E-state index >= 15 is 0 Å². The van der Waals surface area contributed by atoms with Crippen molar-refractivity contribution >= 4 is 62.5 Å². The molecule has 2 aromatic heterocycles. The van der Waals surface area contributed by atoms with Crippen LogP contribution in [-0.4, -0.2) is 34.3 Å². The normalized spacial score (nSPS) is 10.8. The van der Waals surface area contributed by atoms with Gasteiger partial charge in [0.05, 0.1) is 34.7 Å². The van der Waals surface area contributed by atoms with Gasteiger partial charge in [-0.3, -0.25) is 14.2 Å². The van der Waals surface area contributed by atoms with E-state index in [0.29, 0.717) is 37.3 Å². The summed E-state index contributed by atoms with van der Waals surface area (Å²) in [5.74, 6) is -0.720. The second kappa shape index (κ2) is 9.56. The van der Waals surface area contributed by atoms with Gasteiger partial charge in [-0.25, -0.2) is 9.78 Å². The topological polar surface area (TPSA) is 90.3 Å². The summed E-state index contributed by atoms with van der Waals surface area (Å²) in [4.78, 5) is 41.7. The zero-order valence-corrected chi connectivity index (χ0v) is 19.1. The molecule has 162 valence electrons. The lowest BCUT2D eigenvalue weighted by Gasteiger charge is -2.13. The number of carbonyl (C=O) groups is 2. The molecule has 0 bridgehead atoms. The SMILES string of the molecule is COC(=O)c1ccc(NC(=O)CSc2nc3ccsc3c(=O)n2-c2ccccc2Cl)cc1. The minimum atomic E-state index is -0.453. The number of nitrogens with one attached hydrogen (secondary N) is 1. The molecule has 1 N–H and O–H groups in total. The van der Waals surface area contributed by atoms with Gasteiger partial charge in [0.15, 0.2) is 5.16 Å². The summed E-state index contributed by atoms with van der Waals surface area (Å²) in [5.41, 5.74) is 1.76. The molecule has 4 aromatic rings. The van der Waals surface area contributed by atoms with Crippen LogP contribution in [0.1, 0.15) is 10.4 Å². The third kappa shape index (κ3) is 4.55. The average Bonchev–Trinajstić information content (AvgIpc) is 3.27. The molecule has 2 heterocycles. The monoisotopic (exact) mass is 485 g/mol. The molecule has 0 aliphatic carbocycles. The summed E-state index contributed by atoms with van der Waals surface area (Å²) in [7, 11) is 1.30. The van der Waals surface area contributed by atoms with E-state index in [-0.39, 0.29) is 17.2 Å². The first-order valence-corrected chi connectivity index (χ1v) is 11.6. The molecule has 10 heteroatoms. The van der Waals surface area contributed by atoms with Gasteiger partial charge in [0.25, 0.3) is 5.56 Å². The number of para-hydroxylation sites is 1. The summed E-state index contributed by atoms with van der Waals surface area (Å²) in [6, 6.07) is 15.1. The number of ether oxygens (including phenoxy) is 1. The standard InChI is InChI=1S/C22H16ClN3O4S2/c1-30-21(29)13-6-8-14(9-7-13)24-18(27)12-32-22-25-16-10-11-31-19(16)20(28)26(22)17-5-3-2-4-15(17)23/h2-11H,12H2,1H3,(H,24,27). The number of aromatic nitrogens is 2. The van der Waals surface area contributed by atoms with Crippen LogP contribution in [-0.2, 0) is 9.53 Å². The number of amides is 1. The van der Waals surface area contributed by atoms with Gasteiger partial charge in [-0.05, 0) is 47.8 Å². The Hall–Kier alpha value is -3.14. The molecule has 7 nitrogen and oxygen atoms in total. The summed E-state index contributed by atoms with van der Waals surface area (Å²) < 4.78 is 6.61. The number of thiophene rings is 1. The maximum absolute atomic E-state index is 13.1. The highest BCUT2D eigenvalue weighted by Crippen LogP contribution is 2.27. The van der Waals surface area contributed by atoms with Gasteiger partial charge < -0.3 is 10.1 Å². The highest BCUT2D eigenvalue weighted by molar-refractivity contribution is 7.99. The number of hydrogen-bond acceptors (Lipinski definition) is 7. The van der Waals surface area contributed by atoms with E-state index in [1.54, 1.807) is 60.0 Å². The number of benzene rings is 2. The molecule has 0 saturated carbocycles. The third-order valence-corrected chi connectivity index (χ3v) is 6.61. The van der Waals surface area contributed by atoms with Crippen molar-refractivity contribution in [2.24, 2.45) is 0 Å². The number of halogens is 1. The Morgan fingerprint density at radius 2 is 1.91 bits per heavy atom. The highest BCUT2D eigenvalue weighted by Gasteiger charge is 2.17. The van der Waals surface area contributed by atoms with E-state index in [1.807, 2.05) is 0 Å². The smallest absolute Gasteiger partial charge is 0.337 e. The number of fused-ring (bicyclic) bond motifs is 1. The number of rotatable bonds is 6. The van der Waals surface area contributed by atoms with Crippen LogP contribution >= 0.6 is 34.7 Å². The molecule has 0 fully saturated rings. The van der Waals surface area contributed by atoms with E-state index in [9.17, 15) is 14.4 Å². The molecule has 0 atom stereocenters. The fourth-order valence-electron chi connectivity index (χ4n) is 2.97. The van der Waals surface area contributed by atoms with Crippen molar-refractivity contribution in [2.45, 2.75) is 5.16 Å². The lowest BCUT2D eigenvalue weighted by molar-refractivity contribution is -0.113. The van der Waals surface area contributed by atoms with Gasteiger partial charge in [0, 0.05) is 5.69 Å². The molecule has 0 saturated heterocycles. The number of nitrogens with zero attached hydrogens (tertiary/aromatic N) is 2. The van der Waals surface area contributed by atoms with Crippen molar-refractivity contribution < 1.29 is 14.3 Å². The van der Waals surface area contributed by atoms with Gasteiger partial charge in [-0.15, -0.1) is 11.3 Å². The quantitative estimate of drug-likeness (QED) is 0.243. The van der Waals surface area contributed by atoms with Gasteiger partial charge in [-0.1, -0.05) is 35.5 Å². The zero-order valence-electron chi connectivity index (χ0n) is 16.7. The average molecular weight is 486 g/mol. The molecule has 4 rings (SSSR count). The van der Waals surface area contributed by atoms with Crippen molar-refractivity contribution in [1.29, 1.82) is 0 Å². The van der Waals surface area contributed by atoms with Crippen LogP contribution in [0.25, 0.3) is 15.9 Å².